The van der Waals surface area contributed by atoms with E-state index in [2.05, 4.69) is 0 Å². The van der Waals surface area contributed by atoms with E-state index in [9.17, 15) is 13.2 Å². The fraction of sp³-hybridized carbons (Fsp3) is 0.429. The maximum absolute atomic E-state index is 12.1. The lowest BCUT2D eigenvalue weighted by Gasteiger charge is -2.07. The van der Waals surface area contributed by atoms with Crippen molar-refractivity contribution < 1.29 is 13.2 Å². The quantitative estimate of drug-likeness (QED) is 0.433. The molecule has 0 saturated heterocycles. The maximum atomic E-state index is 12.1. The zero-order valence-corrected chi connectivity index (χ0v) is 17.8. The molecule has 0 aromatic heterocycles. The summed E-state index contributed by atoms with van der Waals surface area (Å²) in [7, 11) is 0. The van der Waals surface area contributed by atoms with E-state index in [1.807, 2.05) is 60.6 Å². The van der Waals surface area contributed by atoms with Gasteiger partial charge in [-0.1, -0.05) is 41.5 Å². The van der Waals surface area contributed by atoms with Gasteiger partial charge in [0.15, 0.2) is 0 Å². The van der Waals surface area contributed by atoms with Crippen LogP contribution in [-0.4, -0.2) is 0 Å². The number of halogens is 3. The highest BCUT2D eigenvalue weighted by molar-refractivity contribution is 5.53. The zero-order chi connectivity index (χ0) is 22.2. The molecule has 0 atom stereocenters. The summed E-state index contributed by atoms with van der Waals surface area (Å²) in [6.45, 7) is 15.5. The Morgan fingerprint density at radius 2 is 0.852 bits per heavy atom. The van der Waals surface area contributed by atoms with Crippen molar-refractivity contribution in [3.8, 4) is 0 Å². The molecule has 0 aliphatic rings. The lowest BCUT2D eigenvalue weighted by molar-refractivity contribution is -0.137. The summed E-state index contributed by atoms with van der Waals surface area (Å²) in [4.78, 5) is 0. The van der Waals surface area contributed by atoms with Crippen LogP contribution < -0.4 is 17.2 Å². The van der Waals surface area contributed by atoms with E-state index >= 15 is 0 Å². The summed E-state index contributed by atoms with van der Waals surface area (Å²) >= 11 is 0. The Kier molecular flexibility index (Phi) is 17.3. The molecule has 2 rings (SSSR count). The number of rotatable bonds is 0. The Labute approximate surface area is 162 Å². The molecular formula is C21H36F3N3. The zero-order valence-electron chi connectivity index (χ0n) is 17.8. The van der Waals surface area contributed by atoms with Gasteiger partial charge in [-0.05, 0) is 61.4 Å². The number of benzene rings is 2. The largest absolute Gasteiger partial charge is 0.416 e. The molecule has 0 radical (unpaired) electrons. The highest BCUT2D eigenvalue weighted by Crippen LogP contribution is 2.30. The summed E-state index contributed by atoms with van der Waals surface area (Å²) in [5.74, 6) is 0. The number of aryl methyl sites for hydroxylation is 2. The smallest absolute Gasteiger partial charge is 0.399 e. The summed E-state index contributed by atoms with van der Waals surface area (Å²) in [6.07, 6.45) is -4.31. The van der Waals surface area contributed by atoms with Crippen LogP contribution in [0, 0.1) is 13.8 Å². The summed E-state index contributed by atoms with van der Waals surface area (Å²) < 4.78 is 36.3. The Morgan fingerprint density at radius 3 is 1.11 bits per heavy atom. The first-order valence-corrected chi connectivity index (χ1v) is 9.15. The number of alkyl halides is 3. The van der Waals surface area contributed by atoms with Crippen LogP contribution in [0.1, 0.15) is 58.2 Å². The second-order valence-electron chi connectivity index (χ2n) is 4.81. The molecule has 0 unspecified atom stereocenters. The van der Waals surface area contributed by atoms with Gasteiger partial charge < -0.3 is 17.2 Å². The van der Waals surface area contributed by atoms with Crippen molar-refractivity contribution in [3.05, 3.63) is 53.1 Å². The normalized spacial score (nSPS) is 9.00. The fourth-order valence-electron chi connectivity index (χ4n) is 1.82. The monoisotopic (exact) mass is 387 g/mol. The molecule has 0 spiro atoms. The third-order valence-corrected chi connectivity index (χ3v) is 2.55. The highest BCUT2D eigenvalue weighted by Gasteiger charge is 2.30. The van der Waals surface area contributed by atoms with E-state index in [4.69, 9.17) is 17.2 Å². The number of anilines is 3. The maximum Gasteiger partial charge on any atom is 0.416 e. The minimum Gasteiger partial charge on any atom is -0.399 e. The topological polar surface area (TPSA) is 78.1 Å². The first-order valence-electron chi connectivity index (χ1n) is 9.15. The van der Waals surface area contributed by atoms with Gasteiger partial charge in [0.05, 0.1) is 5.56 Å². The van der Waals surface area contributed by atoms with Crippen LogP contribution in [0.2, 0.25) is 0 Å². The van der Waals surface area contributed by atoms with Crippen molar-refractivity contribution in [2.45, 2.75) is 61.6 Å². The minimum atomic E-state index is -4.31. The van der Waals surface area contributed by atoms with Crippen LogP contribution >= 0.6 is 0 Å². The lowest BCUT2D eigenvalue weighted by atomic mass is 10.1. The average molecular weight is 388 g/mol. The predicted molar refractivity (Wildman–Crippen MR) is 115 cm³/mol. The van der Waals surface area contributed by atoms with Crippen LogP contribution in [0.3, 0.4) is 0 Å². The summed E-state index contributed by atoms with van der Waals surface area (Å²) in [5, 5.41) is 0. The molecule has 0 aliphatic carbocycles. The van der Waals surface area contributed by atoms with Crippen LogP contribution in [0.4, 0.5) is 30.2 Å². The van der Waals surface area contributed by atoms with Crippen LogP contribution in [0.15, 0.2) is 36.4 Å². The molecule has 6 N–H and O–H groups in total. The van der Waals surface area contributed by atoms with Crippen molar-refractivity contribution in [1.82, 2.24) is 0 Å². The van der Waals surface area contributed by atoms with Crippen molar-refractivity contribution in [1.29, 1.82) is 0 Å². The van der Waals surface area contributed by atoms with Crippen molar-refractivity contribution >= 4 is 17.1 Å². The molecule has 0 saturated carbocycles. The molecule has 0 amide bonds. The summed E-state index contributed by atoms with van der Waals surface area (Å²) in [6, 6.07) is 9.00. The molecule has 2 aromatic rings. The summed E-state index contributed by atoms with van der Waals surface area (Å²) in [5.41, 5.74) is 18.7. The van der Waals surface area contributed by atoms with Gasteiger partial charge in [-0.3, -0.25) is 0 Å². The number of nitrogen functional groups attached to an aromatic ring is 3. The van der Waals surface area contributed by atoms with E-state index in [-0.39, 0.29) is 5.69 Å². The Balaban J connectivity index is -0.000000341. The molecule has 27 heavy (non-hydrogen) atoms. The second-order valence-corrected chi connectivity index (χ2v) is 4.81. The third kappa shape index (κ3) is 14.5. The standard InChI is InChI=1S/C8H8F3N.C7H10N2.3C2H6/c1-5-2-6(8(9,10)11)4-7(12)3-5;1-5-2-6(8)4-7(9)3-5;3*1-2/h2-4H,12H2,1H3;2-4H,8-9H2,1H3;3*1-2H3. The van der Waals surface area contributed by atoms with Crippen molar-refractivity contribution in [2.75, 3.05) is 17.2 Å². The van der Waals surface area contributed by atoms with Gasteiger partial charge in [0, 0.05) is 17.1 Å². The SMILES string of the molecule is CC.CC.CC.Cc1cc(N)cc(C(F)(F)F)c1.Cc1cc(N)cc(N)c1. The molecule has 0 aliphatic heterocycles. The number of hydrogen-bond acceptors (Lipinski definition) is 3. The second kappa shape index (κ2) is 15.9. The highest BCUT2D eigenvalue weighted by atomic mass is 19.4. The van der Waals surface area contributed by atoms with E-state index in [1.165, 1.54) is 6.07 Å². The molecule has 3 nitrogen and oxygen atoms in total. The van der Waals surface area contributed by atoms with E-state index in [0.29, 0.717) is 5.56 Å². The molecule has 0 fully saturated rings. The average Bonchev–Trinajstić information content (AvgIpc) is 2.58. The van der Waals surface area contributed by atoms with Crippen LogP contribution in [0.5, 0.6) is 0 Å². The molecular weight excluding hydrogens is 351 g/mol. The van der Waals surface area contributed by atoms with Gasteiger partial charge in [-0.2, -0.15) is 13.2 Å². The minimum absolute atomic E-state index is 0.141. The Morgan fingerprint density at radius 1 is 0.556 bits per heavy atom. The molecule has 0 heterocycles. The van der Waals surface area contributed by atoms with Gasteiger partial charge in [0.1, 0.15) is 0 Å². The molecule has 156 valence electrons. The first kappa shape index (κ1) is 29.4. The predicted octanol–water partition coefficient (Wildman–Crippen LogP) is 6.83. The van der Waals surface area contributed by atoms with Crippen LogP contribution in [0.25, 0.3) is 0 Å². The number of hydrogen-bond donors (Lipinski definition) is 3. The van der Waals surface area contributed by atoms with Gasteiger partial charge in [-0.15, -0.1) is 0 Å². The van der Waals surface area contributed by atoms with E-state index in [1.54, 1.807) is 13.0 Å². The lowest BCUT2D eigenvalue weighted by Crippen LogP contribution is -2.05. The number of nitrogens with two attached hydrogens (primary N) is 3. The Hall–Kier alpha value is -2.37. The van der Waals surface area contributed by atoms with Crippen molar-refractivity contribution in [3.63, 3.8) is 0 Å². The molecule has 6 heteroatoms. The van der Waals surface area contributed by atoms with Gasteiger partial charge >= 0.3 is 6.18 Å². The molecule has 2 aromatic carbocycles. The van der Waals surface area contributed by atoms with Gasteiger partial charge in [0.25, 0.3) is 0 Å². The van der Waals surface area contributed by atoms with Crippen LogP contribution in [-0.2, 0) is 6.18 Å². The van der Waals surface area contributed by atoms with Gasteiger partial charge in [-0.25, -0.2) is 0 Å². The van der Waals surface area contributed by atoms with Crippen molar-refractivity contribution in [2.24, 2.45) is 0 Å². The van der Waals surface area contributed by atoms with E-state index in [0.717, 1.165) is 29.1 Å². The first-order chi connectivity index (χ1) is 12.6. The Bertz CT molecular complexity index is 554. The fourth-order valence-corrected chi connectivity index (χ4v) is 1.82. The molecule has 0 bridgehead atoms. The van der Waals surface area contributed by atoms with Gasteiger partial charge in [0.2, 0.25) is 0 Å². The van der Waals surface area contributed by atoms with E-state index < -0.39 is 11.7 Å². The third-order valence-electron chi connectivity index (χ3n) is 2.55.